The fraction of sp³-hybridized carbons (Fsp3) is 0.444. The first-order valence-corrected chi connectivity index (χ1v) is 5.29. The highest BCUT2D eigenvalue weighted by Gasteiger charge is 2.17. The fourth-order valence-electron chi connectivity index (χ4n) is 1.44. The molecule has 0 aliphatic carbocycles. The van der Waals surface area contributed by atoms with Gasteiger partial charge in [0.05, 0.1) is 4.88 Å². The molecule has 3 nitrogen and oxygen atoms in total. The molecule has 4 heteroatoms. The molecule has 0 spiro atoms. The molecule has 0 bridgehead atoms. The van der Waals surface area contributed by atoms with E-state index in [9.17, 15) is 4.79 Å². The van der Waals surface area contributed by atoms with Crippen molar-refractivity contribution in [2.75, 3.05) is 13.1 Å². The van der Waals surface area contributed by atoms with E-state index in [0.717, 1.165) is 24.4 Å². The van der Waals surface area contributed by atoms with E-state index in [-0.39, 0.29) is 5.91 Å². The van der Waals surface area contributed by atoms with Crippen LogP contribution in [0.25, 0.3) is 0 Å². The van der Waals surface area contributed by atoms with Gasteiger partial charge in [-0.1, -0.05) is 6.07 Å². The Labute approximate surface area is 81.2 Å². The lowest BCUT2D eigenvalue weighted by Crippen LogP contribution is -2.35. The summed E-state index contributed by atoms with van der Waals surface area (Å²) in [4.78, 5) is 12.3. The highest BCUT2D eigenvalue weighted by atomic mass is 32.1. The summed E-state index contributed by atoms with van der Waals surface area (Å²) in [5.74, 6) is 0.0590. The maximum absolute atomic E-state index is 11.5. The number of thiophene rings is 1. The van der Waals surface area contributed by atoms with Gasteiger partial charge in [0.1, 0.15) is 0 Å². The molecule has 2 heterocycles. The standard InChI is InChI=1S/C9H12N2OS/c12-9(8-2-1-5-13-8)11-7-3-4-10-6-7/h1-2,5,7,10H,3-4,6H2,(H,11,12). The number of hydrogen-bond donors (Lipinski definition) is 2. The summed E-state index contributed by atoms with van der Waals surface area (Å²) >= 11 is 1.48. The van der Waals surface area contributed by atoms with Gasteiger partial charge < -0.3 is 10.6 Å². The molecule has 1 aromatic heterocycles. The molecule has 0 aromatic carbocycles. The normalized spacial score (nSPS) is 21.7. The summed E-state index contributed by atoms with van der Waals surface area (Å²) in [6.45, 7) is 1.91. The number of carbonyl (C=O) groups is 1. The van der Waals surface area contributed by atoms with Crippen LogP contribution in [0.2, 0.25) is 0 Å². The first kappa shape index (κ1) is 8.72. The number of rotatable bonds is 2. The Morgan fingerprint density at radius 3 is 3.23 bits per heavy atom. The van der Waals surface area contributed by atoms with E-state index in [0.29, 0.717) is 6.04 Å². The lowest BCUT2D eigenvalue weighted by molar-refractivity contribution is 0.0944. The minimum Gasteiger partial charge on any atom is -0.347 e. The second-order valence-electron chi connectivity index (χ2n) is 3.14. The molecule has 1 aliphatic rings. The lowest BCUT2D eigenvalue weighted by Gasteiger charge is -2.09. The summed E-state index contributed by atoms with van der Waals surface area (Å²) in [6.07, 6.45) is 1.04. The van der Waals surface area contributed by atoms with E-state index in [2.05, 4.69) is 10.6 Å². The fourth-order valence-corrected chi connectivity index (χ4v) is 2.07. The number of amides is 1. The van der Waals surface area contributed by atoms with Gasteiger partial charge in [0, 0.05) is 12.6 Å². The van der Waals surface area contributed by atoms with Crippen molar-refractivity contribution in [3.63, 3.8) is 0 Å². The summed E-state index contributed by atoms with van der Waals surface area (Å²) in [7, 11) is 0. The Hall–Kier alpha value is -0.870. The minimum atomic E-state index is 0.0590. The van der Waals surface area contributed by atoms with Gasteiger partial charge in [-0.3, -0.25) is 4.79 Å². The monoisotopic (exact) mass is 196 g/mol. The Morgan fingerprint density at radius 1 is 1.69 bits per heavy atom. The molecule has 1 unspecified atom stereocenters. The van der Waals surface area contributed by atoms with E-state index in [1.165, 1.54) is 11.3 Å². The van der Waals surface area contributed by atoms with Crippen molar-refractivity contribution >= 4 is 17.2 Å². The average molecular weight is 196 g/mol. The van der Waals surface area contributed by atoms with E-state index in [1.54, 1.807) is 0 Å². The molecule has 1 aromatic rings. The molecule has 13 heavy (non-hydrogen) atoms. The Bertz CT molecular complexity index is 278. The predicted molar refractivity (Wildman–Crippen MR) is 53.1 cm³/mol. The van der Waals surface area contributed by atoms with E-state index in [1.807, 2.05) is 17.5 Å². The van der Waals surface area contributed by atoms with Crippen LogP contribution in [-0.4, -0.2) is 25.0 Å². The highest BCUT2D eigenvalue weighted by molar-refractivity contribution is 7.12. The highest BCUT2D eigenvalue weighted by Crippen LogP contribution is 2.09. The van der Waals surface area contributed by atoms with Crippen molar-refractivity contribution in [1.29, 1.82) is 0 Å². The van der Waals surface area contributed by atoms with Crippen LogP contribution in [0.15, 0.2) is 17.5 Å². The van der Waals surface area contributed by atoms with Gasteiger partial charge in [-0.25, -0.2) is 0 Å². The number of hydrogen-bond acceptors (Lipinski definition) is 3. The maximum atomic E-state index is 11.5. The van der Waals surface area contributed by atoms with Gasteiger partial charge in [0.2, 0.25) is 0 Å². The molecule has 0 radical (unpaired) electrons. The van der Waals surface area contributed by atoms with E-state index < -0.39 is 0 Å². The SMILES string of the molecule is O=C(NC1CCNC1)c1cccs1. The van der Waals surface area contributed by atoms with Gasteiger partial charge in [0.15, 0.2) is 0 Å². The van der Waals surface area contributed by atoms with Crippen molar-refractivity contribution < 1.29 is 4.79 Å². The third-order valence-corrected chi connectivity index (χ3v) is 3.01. The Morgan fingerprint density at radius 2 is 2.62 bits per heavy atom. The third kappa shape index (κ3) is 2.08. The van der Waals surface area contributed by atoms with E-state index >= 15 is 0 Å². The molecule has 1 saturated heterocycles. The summed E-state index contributed by atoms with van der Waals surface area (Å²) < 4.78 is 0. The van der Waals surface area contributed by atoms with Crippen molar-refractivity contribution in [2.24, 2.45) is 0 Å². The summed E-state index contributed by atoms with van der Waals surface area (Å²) in [6, 6.07) is 4.06. The Kier molecular flexibility index (Phi) is 2.61. The van der Waals surface area contributed by atoms with Gasteiger partial charge in [-0.2, -0.15) is 0 Å². The molecule has 0 saturated carbocycles. The topological polar surface area (TPSA) is 41.1 Å². The number of carbonyl (C=O) groups excluding carboxylic acids is 1. The largest absolute Gasteiger partial charge is 0.347 e. The van der Waals surface area contributed by atoms with Crippen LogP contribution in [0, 0.1) is 0 Å². The number of nitrogens with one attached hydrogen (secondary N) is 2. The molecule has 2 N–H and O–H groups in total. The third-order valence-electron chi connectivity index (χ3n) is 2.14. The second-order valence-corrected chi connectivity index (χ2v) is 4.09. The van der Waals surface area contributed by atoms with Gasteiger partial charge in [-0.05, 0) is 24.4 Å². The van der Waals surface area contributed by atoms with Crippen molar-refractivity contribution in [2.45, 2.75) is 12.5 Å². The van der Waals surface area contributed by atoms with Crippen molar-refractivity contribution in [1.82, 2.24) is 10.6 Å². The molecule has 2 rings (SSSR count). The molecule has 1 fully saturated rings. The quantitative estimate of drug-likeness (QED) is 0.736. The maximum Gasteiger partial charge on any atom is 0.261 e. The molecule has 1 atom stereocenters. The minimum absolute atomic E-state index is 0.0590. The zero-order chi connectivity index (χ0) is 9.10. The molecule has 1 aliphatic heterocycles. The smallest absolute Gasteiger partial charge is 0.261 e. The zero-order valence-corrected chi connectivity index (χ0v) is 8.06. The van der Waals surface area contributed by atoms with Crippen LogP contribution in [-0.2, 0) is 0 Å². The summed E-state index contributed by atoms with van der Waals surface area (Å²) in [5, 5.41) is 8.12. The van der Waals surface area contributed by atoms with Crippen molar-refractivity contribution in [3.05, 3.63) is 22.4 Å². The van der Waals surface area contributed by atoms with Gasteiger partial charge >= 0.3 is 0 Å². The van der Waals surface area contributed by atoms with Crippen LogP contribution in [0.3, 0.4) is 0 Å². The Balaban J connectivity index is 1.91. The average Bonchev–Trinajstić information content (AvgIpc) is 2.74. The zero-order valence-electron chi connectivity index (χ0n) is 7.25. The molecular weight excluding hydrogens is 184 g/mol. The molecule has 1 amide bonds. The van der Waals surface area contributed by atoms with Crippen LogP contribution < -0.4 is 10.6 Å². The van der Waals surface area contributed by atoms with Gasteiger partial charge in [-0.15, -0.1) is 11.3 Å². The van der Waals surface area contributed by atoms with Gasteiger partial charge in [0.25, 0.3) is 5.91 Å². The van der Waals surface area contributed by atoms with Crippen LogP contribution in [0.1, 0.15) is 16.1 Å². The molecular formula is C9H12N2OS. The first-order chi connectivity index (χ1) is 6.36. The summed E-state index contributed by atoms with van der Waals surface area (Å²) in [5.41, 5.74) is 0. The van der Waals surface area contributed by atoms with E-state index in [4.69, 9.17) is 0 Å². The van der Waals surface area contributed by atoms with Crippen LogP contribution in [0.4, 0.5) is 0 Å². The second kappa shape index (κ2) is 3.89. The molecule has 70 valence electrons. The first-order valence-electron chi connectivity index (χ1n) is 4.41. The van der Waals surface area contributed by atoms with Crippen molar-refractivity contribution in [3.8, 4) is 0 Å². The lowest BCUT2D eigenvalue weighted by atomic mass is 10.2. The van der Waals surface area contributed by atoms with Crippen LogP contribution >= 0.6 is 11.3 Å². The predicted octanol–water partition coefficient (Wildman–Crippen LogP) is 0.840. The van der Waals surface area contributed by atoms with Crippen LogP contribution in [0.5, 0.6) is 0 Å².